The van der Waals surface area contributed by atoms with Crippen LogP contribution in [-0.4, -0.2) is 16.6 Å². The quantitative estimate of drug-likeness (QED) is 0.783. The third-order valence-corrected chi connectivity index (χ3v) is 2.89. The molecule has 0 aliphatic heterocycles. The van der Waals surface area contributed by atoms with Crippen LogP contribution in [0, 0.1) is 0 Å². The molecule has 22 heavy (non-hydrogen) atoms. The second-order valence-electron chi connectivity index (χ2n) is 5.97. The standard InChI is InChI=1S/C16H16F3NO2/c1-15(2,3)22-14(21)8-10-7-11(16(17,18)19)9-13-12(10)5-4-6-20-13/h4-7,9H,8H2,1-3H3. The van der Waals surface area contributed by atoms with E-state index >= 15 is 0 Å². The van der Waals surface area contributed by atoms with Crippen molar-refractivity contribution in [2.75, 3.05) is 0 Å². The number of fused-ring (bicyclic) bond motifs is 1. The van der Waals surface area contributed by atoms with Crippen molar-refractivity contribution in [2.24, 2.45) is 0 Å². The number of esters is 1. The maximum absolute atomic E-state index is 13.0. The van der Waals surface area contributed by atoms with E-state index in [4.69, 9.17) is 4.74 Å². The summed E-state index contributed by atoms with van der Waals surface area (Å²) in [5.41, 5.74) is -1.05. The van der Waals surface area contributed by atoms with E-state index < -0.39 is 23.3 Å². The van der Waals surface area contributed by atoms with Gasteiger partial charge in [0.1, 0.15) is 5.60 Å². The van der Waals surface area contributed by atoms with Crippen molar-refractivity contribution in [3.05, 3.63) is 41.6 Å². The first-order valence-corrected chi connectivity index (χ1v) is 6.73. The average Bonchev–Trinajstić information content (AvgIpc) is 2.35. The molecular weight excluding hydrogens is 295 g/mol. The molecule has 1 heterocycles. The van der Waals surface area contributed by atoms with E-state index in [1.54, 1.807) is 32.9 Å². The maximum Gasteiger partial charge on any atom is 0.416 e. The van der Waals surface area contributed by atoms with Crippen molar-refractivity contribution in [3.8, 4) is 0 Å². The molecule has 0 unspecified atom stereocenters. The molecule has 2 rings (SSSR count). The van der Waals surface area contributed by atoms with Gasteiger partial charge in [-0.1, -0.05) is 6.07 Å². The summed E-state index contributed by atoms with van der Waals surface area (Å²) in [6, 6.07) is 5.22. The van der Waals surface area contributed by atoms with Gasteiger partial charge in [0.05, 0.1) is 17.5 Å². The summed E-state index contributed by atoms with van der Waals surface area (Å²) in [6.07, 6.45) is -3.31. The van der Waals surface area contributed by atoms with Gasteiger partial charge in [-0.05, 0) is 44.5 Å². The maximum atomic E-state index is 13.0. The van der Waals surface area contributed by atoms with Gasteiger partial charge in [-0.2, -0.15) is 13.2 Å². The second kappa shape index (κ2) is 5.59. The molecular formula is C16H16F3NO2. The molecule has 0 spiro atoms. The molecule has 0 amide bonds. The molecule has 0 aliphatic rings. The van der Waals surface area contributed by atoms with Gasteiger partial charge in [-0.25, -0.2) is 0 Å². The topological polar surface area (TPSA) is 39.2 Å². The van der Waals surface area contributed by atoms with Gasteiger partial charge in [0.15, 0.2) is 0 Å². The average molecular weight is 311 g/mol. The lowest BCUT2D eigenvalue weighted by molar-refractivity contribution is -0.154. The highest BCUT2D eigenvalue weighted by Crippen LogP contribution is 2.33. The molecule has 6 heteroatoms. The fraction of sp³-hybridized carbons (Fsp3) is 0.375. The molecule has 0 N–H and O–H groups in total. The second-order valence-corrected chi connectivity index (χ2v) is 5.97. The Kier molecular flexibility index (Phi) is 4.13. The number of carbonyl (C=O) groups excluding carboxylic acids is 1. The lowest BCUT2D eigenvalue weighted by Gasteiger charge is -2.20. The number of halogens is 3. The van der Waals surface area contributed by atoms with Crippen LogP contribution in [0.15, 0.2) is 30.5 Å². The van der Waals surface area contributed by atoms with E-state index in [1.165, 1.54) is 6.20 Å². The zero-order valence-corrected chi connectivity index (χ0v) is 12.5. The minimum absolute atomic E-state index is 0.205. The summed E-state index contributed by atoms with van der Waals surface area (Å²) in [5.74, 6) is -0.572. The molecule has 0 radical (unpaired) electrons. The van der Waals surface area contributed by atoms with Crippen LogP contribution >= 0.6 is 0 Å². The number of aromatic nitrogens is 1. The molecule has 2 aromatic rings. The predicted octanol–water partition coefficient (Wildman–Crippen LogP) is 4.14. The Hall–Kier alpha value is -2.11. The van der Waals surface area contributed by atoms with Crippen molar-refractivity contribution in [2.45, 2.75) is 39.0 Å². The summed E-state index contributed by atoms with van der Waals surface area (Å²) in [6.45, 7) is 5.12. The predicted molar refractivity (Wildman–Crippen MR) is 76.3 cm³/mol. The summed E-state index contributed by atoms with van der Waals surface area (Å²) < 4.78 is 44.1. The van der Waals surface area contributed by atoms with Crippen molar-refractivity contribution < 1.29 is 22.7 Å². The highest BCUT2D eigenvalue weighted by Gasteiger charge is 2.32. The first kappa shape index (κ1) is 16.3. The van der Waals surface area contributed by atoms with Crippen molar-refractivity contribution in [1.29, 1.82) is 0 Å². The zero-order valence-electron chi connectivity index (χ0n) is 12.5. The lowest BCUT2D eigenvalue weighted by atomic mass is 10.0. The number of carbonyl (C=O) groups is 1. The van der Waals surface area contributed by atoms with Gasteiger partial charge < -0.3 is 4.74 Å². The largest absolute Gasteiger partial charge is 0.460 e. The monoisotopic (exact) mass is 311 g/mol. The van der Waals surface area contributed by atoms with Crippen LogP contribution in [0.4, 0.5) is 13.2 Å². The van der Waals surface area contributed by atoms with Gasteiger partial charge >= 0.3 is 12.1 Å². The van der Waals surface area contributed by atoms with E-state index in [2.05, 4.69) is 4.98 Å². The third kappa shape index (κ3) is 3.96. The number of hydrogen-bond donors (Lipinski definition) is 0. The SMILES string of the molecule is CC(C)(C)OC(=O)Cc1cc(C(F)(F)F)cc2ncccc12. The molecule has 1 aromatic carbocycles. The van der Waals surface area contributed by atoms with Gasteiger partial charge in [-0.3, -0.25) is 9.78 Å². The molecule has 0 saturated carbocycles. The van der Waals surface area contributed by atoms with Gasteiger partial charge in [0.2, 0.25) is 0 Å². The molecule has 1 aromatic heterocycles. The summed E-state index contributed by atoms with van der Waals surface area (Å²) in [4.78, 5) is 15.9. The molecule has 118 valence electrons. The Morgan fingerprint density at radius 1 is 1.23 bits per heavy atom. The van der Waals surface area contributed by atoms with E-state index in [1.807, 2.05) is 0 Å². The summed E-state index contributed by atoms with van der Waals surface area (Å²) in [7, 11) is 0. The normalized spacial score (nSPS) is 12.5. The molecule has 0 saturated heterocycles. The van der Waals surface area contributed by atoms with Gasteiger partial charge in [0.25, 0.3) is 0 Å². The molecule has 3 nitrogen and oxygen atoms in total. The fourth-order valence-corrected chi connectivity index (χ4v) is 2.10. The van der Waals surface area contributed by atoms with Crippen molar-refractivity contribution in [3.63, 3.8) is 0 Å². The molecule has 0 bridgehead atoms. The minimum atomic E-state index is -4.49. The Bertz CT molecular complexity index is 703. The van der Waals surface area contributed by atoms with E-state index in [0.29, 0.717) is 5.39 Å². The Morgan fingerprint density at radius 3 is 2.50 bits per heavy atom. The minimum Gasteiger partial charge on any atom is -0.460 e. The van der Waals surface area contributed by atoms with E-state index in [-0.39, 0.29) is 17.5 Å². The van der Waals surface area contributed by atoms with Crippen LogP contribution in [0.2, 0.25) is 0 Å². The zero-order chi connectivity index (χ0) is 16.5. The Morgan fingerprint density at radius 2 is 1.91 bits per heavy atom. The highest BCUT2D eigenvalue weighted by atomic mass is 19.4. The number of nitrogens with zero attached hydrogens (tertiary/aromatic N) is 1. The molecule has 0 atom stereocenters. The smallest absolute Gasteiger partial charge is 0.416 e. The van der Waals surface area contributed by atoms with Crippen molar-refractivity contribution >= 4 is 16.9 Å². The number of pyridine rings is 1. The number of rotatable bonds is 2. The van der Waals surface area contributed by atoms with Crippen LogP contribution in [0.5, 0.6) is 0 Å². The summed E-state index contributed by atoms with van der Waals surface area (Å²) in [5, 5.41) is 0.515. The van der Waals surface area contributed by atoms with Gasteiger partial charge in [0, 0.05) is 11.6 Å². The number of benzene rings is 1. The Labute approximate surface area is 126 Å². The number of alkyl halides is 3. The lowest BCUT2D eigenvalue weighted by Crippen LogP contribution is -2.25. The van der Waals surface area contributed by atoms with E-state index in [0.717, 1.165) is 12.1 Å². The van der Waals surface area contributed by atoms with Crippen LogP contribution in [0.25, 0.3) is 10.9 Å². The third-order valence-electron chi connectivity index (χ3n) is 2.89. The molecule has 0 fully saturated rings. The van der Waals surface area contributed by atoms with Gasteiger partial charge in [-0.15, -0.1) is 0 Å². The van der Waals surface area contributed by atoms with Crippen LogP contribution in [0.1, 0.15) is 31.9 Å². The van der Waals surface area contributed by atoms with Crippen LogP contribution in [0.3, 0.4) is 0 Å². The highest BCUT2D eigenvalue weighted by molar-refractivity contribution is 5.87. The fourth-order valence-electron chi connectivity index (χ4n) is 2.10. The molecule has 0 aliphatic carbocycles. The van der Waals surface area contributed by atoms with Crippen molar-refractivity contribution in [1.82, 2.24) is 4.98 Å². The summed E-state index contributed by atoms with van der Waals surface area (Å²) >= 11 is 0. The number of hydrogen-bond acceptors (Lipinski definition) is 3. The van der Waals surface area contributed by atoms with Crippen LogP contribution < -0.4 is 0 Å². The Balaban J connectivity index is 2.45. The van der Waals surface area contributed by atoms with Crippen LogP contribution in [-0.2, 0) is 22.1 Å². The first-order valence-electron chi connectivity index (χ1n) is 6.73. The number of ether oxygens (including phenoxy) is 1. The van der Waals surface area contributed by atoms with E-state index in [9.17, 15) is 18.0 Å². The first-order chi connectivity index (χ1) is 10.1.